The third-order valence-corrected chi connectivity index (χ3v) is 4.48. The Morgan fingerprint density at radius 2 is 2.08 bits per heavy atom. The molecule has 1 aromatic rings. The summed E-state index contributed by atoms with van der Waals surface area (Å²) in [5.41, 5.74) is 2.54. The van der Waals surface area contributed by atoms with Crippen molar-refractivity contribution in [1.29, 1.82) is 0 Å². The van der Waals surface area contributed by atoms with E-state index in [0.29, 0.717) is 18.9 Å². The van der Waals surface area contributed by atoms with Crippen molar-refractivity contribution >= 4 is 36.4 Å². The van der Waals surface area contributed by atoms with Crippen LogP contribution >= 0.6 is 24.8 Å². The van der Waals surface area contributed by atoms with Crippen LogP contribution in [0.25, 0.3) is 0 Å². The van der Waals surface area contributed by atoms with Gasteiger partial charge in [-0.2, -0.15) is 0 Å². The molecule has 0 radical (unpaired) electrons. The summed E-state index contributed by atoms with van der Waals surface area (Å²) in [6.45, 7) is 8.99. The van der Waals surface area contributed by atoms with Gasteiger partial charge in [0.2, 0.25) is 5.91 Å². The summed E-state index contributed by atoms with van der Waals surface area (Å²) >= 11 is 0. The first-order valence-corrected chi connectivity index (χ1v) is 8.48. The lowest BCUT2D eigenvalue weighted by atomic mass is 10.0. The summed E-state index contributed by atoms with van der Waals surface area (Å²) in [5, 5.41) is 6.41. The van der Waals surface area contributed by atoms with Gasteiger partial charge in [-0.15, -0.1) is 24.8 Å². The van der Waals surface area contributed by atoms with E-state index in [1.54, 1.807) is 0 Å². The smallest absolute Gasteiger partial charge is 0.220 e. The Labute approximate surface area is 158 Å². The number of nitrogens with zero attached hydrogens (tertiary/aromatic N) is 1. The highest BCUT2D eigenvalue weighted by atomic mass is 35.5. The maximum absolute atomic E-state index is 11.9. The van der Waals surface area contributed by atoms with Crippen LogP contribution in [0.4, 0.5) is 5.69 Å². The van der Waals surface area contributed by atoms with E-state index in [0.717, 1.165) is 32.6 Å². The van der Waals surface area contributed by atoms with Crippen molar-refractivity contribution in [3.8, 4) is 0 Å². The molecule has 2 rings (SSSR count). The van der Waals surface area contributed by atoms with Crippen molar-refractivity contribution in [1.82, 2.24) is 10.6 Å². The average Bonchev–Trinajstić information content (AvgIpc) is 3.04. The second-order valence-corrected chi connectivity index (χ2v) is 6.11. The minimum atomic E-state index is 0. The minimum Gasteiger partial charge on any atom is -0.370 e. The molecule has 1 heterocycles. The molecule has 0 bridgehead atoms. The number of para-hydroxylation sites is 1. The molecule has 1 saturated heterocycles. The molecule has 4 nitrogen and oxygen atoms in total. The summed E-state index contributed by atoms with van der Waals surface area (Å²) in [6, 6.07) is 8.41. The van der Waals surface area contributed by atoms with Crippen molar-refractivity contribution in [2.24, 2.45) is 5.92 Å². The molecule has 6 heteroatoms. The van der Waals surface area contributed by atoms with Gasteiger partial charge in [-0.05, 0) is 57.3 Å². The number of amides is 1. The second kappa shape index (κ2) is 12.4. The Morgan fingerprint density at radius 3 is 2.71 bits per heavy atom. The van der Waals surface area contributed by atoms with Gasteiger partial charge in [0.15, 0.2) is 0 Å². The first-order valence-electron chi connectivity index (χ1n) is 8.48. The molecule has 0 spiro atoms. The molecule has 1 aliphatic heterocycles. The number of carbonyl (C=O) groups is 1. The largest absolute Gasteiger partial charge is 0.370 e. The van der Waals surface area contributed by atoms with Crippen LogP contribution in [-0.2, 0) is 4.79 Å². The SMILES string of the molecule is CCN(CCNC(=O)CCC1CCNC1)c1ccccc1C.Cl.Cl. The van der Waals surface area contributed by atoms with Crippen LogP contribution in [0.2, 0.25) is 0 Å². The third kappa shape index (κ3) is 7.29. The third-order valence-electron chi connectivity index (χ3n) is 4.48. The fraction of sp³-hybridized carbons (Fsp3) is 0.611. The van der Waals surface area contributed by atoms with E-state index in [-0.39, 0.29) is 30.7 Å². The van der Waals surface area contributed by atoms with Crippen molar-refractivity contribution in [2.75, 3.05) is 37.6 Å². The van der Waals surface area contributed by atoms with E-state index in [2.05, 4.69) is 53.6 Å². The van der Waals surface area contributed by atoms with Crippen molar-refractivity contribution in [2.45, 2.75) is 33.1 Å². The molecule has 2 N–H and O–H groups in total. The molecule has 1 unspecified atom stereocenters. The van der Waals surface area contributed by atoms with Crippen LogP contribution in [0, 0.1) is 12.8 Å². The van der Waals surface area contributed by atoms with E-state index in [1.165, 1.54) is 17.7 Å². The molecule has 0 aliphatic carbocycles. The summed E-state index contributed by atoms with van der Waals surface area (Å²) in [6.07, 6.45) is 2.88. The molecular formula is C18H31Cl2N3O. The van der Waals surface area contributed by atoms with Crippen LogP contribution < -0.4 is 15.5 Å². The first kappa shape index (κ1) is 23.0. The van der Waals surface area contributed by atoms with Crippen LogP contribution in [0.5, 0.6) is 0 Å². The lowest BCUT2D eigenvalue weighted by Gasteiger charge is -2.25. The van der Waals surface area contributed by atoms with Gasteiger partial charge < -0.3 is 15.5 Å². The van der Waals surface area contributed by atoms with Crippen LogP contribution in [-0.4, -0.2) is 38.6 Å². The minimum absolute atomic E-state index is 0. The molecule has 0 saturated carbocycles. The highest BCUT2D eigenvalue weighted by molar-refractivity contribution is 5.85. The van der Waals surface area contributed by atoms with Gasteiger partial charge in [0.05, 0.1) is 0 Å². The Hall–Kier alpha value is -0.970. The van der Waals surface area contributed by atoms with Gasteiger partial charge in [-0.3, -0.25) is 4.79 Å². The van der Waals surface area contributed by atoms with Gasteiger partial charge in [0.1, 0.15) is 0 Å². The van der Waals surface area contributed by atoms with Crippen molar-refractivity contribution in [3.05, 3.63) is 29.8 Å². The number of halogens is 2. The molecule has 1 atom stereocenters. The molecule has 24 heavy (non-hydrogen) atoms. The van der Waals surface area contributed by atoms with Crippen LogP contribution in [0.3, 0.4) is 0 Å². The molecule has 1 fully saturated rings. The summed E-state index contributed by atoms with van der Waals surface area (Å²) < 4.78 is 0. The molecule has 1 aliphatic rings. The highest BCUT2D eigenvalue weighted by Crippen LogP contribution is 2.18. The Morgan fingerprint density at radius 1 is 1.33 bits per heavy atom. The fourth-order valence-electron chi connectivity index (χ4n) is 3.08. The monoisotopic (exact) mass is 375 g/mol. The van der Waals surface area contributed by atoms with Gasteiger partial charge in [-0.25, -0.2) is 0 Å². The topological polar surface area (TPSA) is 44.4 Å². The Balaban J connectivity index is 0.00000264. The zero-order valence-electron chi connectivity index (χ0n) is 14.7. The number of anilines is 1. The van der Waals surface area contributed by atoms with E-state index in [9.17, 15) is 4.79 Å². The van der Waals surface area contributed by atoms with Crippen molar-refractivity contribution < 1.29 is 4.79 Å². The number of hydrogen-bond acceptors (Lipinski definition) is 3. The highest BCUT2D eigenvalue weighted by Gasteiger charge is 2.15. The predicted molar refractivity (Wildman–Crippen MR) is 107 cm³/mol. The average molecular weight is 376 g/mol. The quantitative estimate of drug-likeness (QED) is 0.733. The maximum Gasteiger partial charge on any atom is 0.220 e. The van der Waals surface area contributed by atoms with Gasteiger partial charge >= 0.3 is 0 Å². The zero-order valence-corrected chi connectivity index (χ0v) is 16.3. The summed E-state index contributed by atoms with van der Waals surface area (Å²) in [5.74, 6) is 0.873. The van der Waals surface area contributed by atoms with Crippen LogP contribution in [0.1, 0.15) is 31.7 Å². The summed E-state index contributed by atoms with van der Waals surface area (Å²) in [7, 11) is 0. The number of hydrogen-bond donors (Lipinski definition) is 2. The van der Waals surface area contributed by atoms with Gasteiger partial charge in [0.25, 0.3) is 0 Å². The lowest BCUT2D eigenvalue weighted by molar-refractivity contribution is -0.121. The molecule has 1 amide bonds. The number of carbonyl (C=O) groups excluding carboxylic acids is 1. The number of aryl methyl sites for hydroxylation is 1. The Kier molecular flexibility index (Phi) is 11.9. The lowest BCUT2D eigenvalue weighted by Crippen LogP contribution is -2.35. The van der Waals surface area contributed by atoms with E-state index >= 15 is 0 Å². The number of likely N-dealkylation sites (N-methyl/N-ethyl adjacent to an activating group) is 1. The summed E-state index contributed by atoms with van der Waals surface area (Å²) in [4.78, 5) is 14.2. The fourth-order valence-corrected chi connectivity index (χ4v) is 3.08. The van der Waals surface area contributed by atoms with Crippen molar-refractivity contribution in [3.63, 3.8) is 0 Å². The van der Waals surface area contributed by atoms with E-state index < -0.39 is 0 Å². The maximum atomic E-state index is 11.9. The number of benzene rings is 1. The normalized spacial score (nSPS) is 16.0. The number of rotatable bonds is 8. The second-order valence-electron chi connectivity index (χ2n) is 6.11. The van der Waals surface area contributed by atoms with Gasteiger partial charge in [-0.1, -0.05) is 18.2 Å². The number of nitrogens with one attached hydrogen (secondary N) is 2. The van der Waals surface area contributed by atoms with E-state index in [1.807, 2.05) is 0 Å². The van der Waals surface area contributed by atoms with Crippen LogP contribution in [0.15, 0.2) is 24.3 Å². The molecule has 0 aromatic heterocycles. The zero-order chi connectivity index (χ0) is 15.8. The molecular weight excluding hydrogens is 345 g/mol. The predicted octanol–water partition coefficient (Wildman–Crippen LogP) is 3.17. The van der Waals surface area contributed by atoms with E-state index in [4.69, 9.17) is 0 Å². The first-order chi connectivity index (χ1) is 10.7. The standard InChI is InChI=1S/C18H29N3O.2ClH/c1-3-21(17-7-5-4-6-15(17)2)13-12-20-18(22)9-8-16-10-11-19-14-16;;/h4-7,16,19H,3,8-14H2,1-2H3,(H,20,22);2*1H. The molecule has 138 valence electrons. The Bertz CT molecular complexity index is 479. The molecule has 1 aromatic carbocycles. The van der Waals surface area contributed by atoms with Gasteiger partial charge in [0, 0.05) is 31.7 Å².